The minimum absolute atomic E-state index is 0.102. The first-order valence-corrected chi connectivity index (χ1v) is 6.92. The molecule has 2 spiro atoms. The van der Waals surface area contributed by atoms with Crippen molar-refractivity contribution < 1.29 is 0 Å². The summed E-state index contributed by atoms with van der Waals surface area (Å²) < 4.78 is 0. The quantitative estimate of drug-likeness (QED) is 0.614. The van der Waals surface area contributed by atoms with Gasteiger partial charge in [-0.3, -0.25) is 0 Å². The summed E-state index contributed by atoms with van der Waals surface area (Å²) in [5.41, 5.74) is 0.870. The van der Waals surface area contributed by atoms with E-state index in [2.05, 4.69) is 24.1 Å². The lowest BCUT2D eigenvalue weighted by atomic mass is 9.55. The van der Waals surface area contributed by atoms with Crippen molar-refractivity contribution in [2.24, 2.45) is 31.3 Å². The predicted octanol–water partition coefficient (Wildman–Crippen LogP) is 3.14. The maximum absolute atomic E-state index is 4.71. The normalized spacial score (nSPS) is 69.1. The fourth-order valence-electron chi connectivity index (χ4n) is 6.05. The van der Waals surface area contributed by atoms with E-state index in [9.17, 15) is 0 Å². The standard InChI is InChI=1S/C13H18N4/c1-10-5-3-9-13-7-12(10,13)8(14-16-10)4-6-11(13,2)17-15-9/h8-9H,3-7H2,1-2H3/t8-,9-,10+,11+,12+,13+/m1/s1. The molecular weight excluding hydrogens is 212 g/mol. The van der Waals surface area contributed by atoms with E-state index < -0.39 is 0 Å². The van der Waals surface area contributed by atoms with Crippen LogP contribution < -0.4 is 0 Å². The lowest BCUT2D eigenvalue weighted by Gasteiger charge is -2.48. The van der Waals surface area contributed by atoms with E-state index in [4.69, 9.17) is 10.2 Å². The number of nitrogens with zero attached hydrogens (tertiary/aromatic N) is 4. The second-order valence-electron chi connectivity index (χ2n) is 7.21. The summed E-state index contributed by atoms with van der Waals surface area (Å²) in [5, 5.41) is 18.7. The first-order chi connectivity index (χ1) is 8.08. The Balaban J connectivity index is 1.79. The van der Waals surface area contributed by atoms with Crippen molar-refractivity contribution in [2.75, 3.05) is 0 Å². The molecule has 3 fully saturated rings. The molecule has 3 saturated carbocycles. The highest BCUT2D eigenvalue weighted by Gasteiger charge is 2.91. The van der Waals surface area contributed by atoms with Gasteiger partial charge in [-0.05, 0) is 46.0 Å². The summed E-state index contributed by atoms with van der Waals surface area (Å²) in [6.45, 7) is 4.68. The maximum atomic E-state index is 4.71. The van der Waals surface area contributed by atoms with Crippen molar-refractivity contribution in [1.82, 2.24) is 0 Å². The number of rotatable bonds is 0. The Kier molecular flexibility index (Phi) is 1.13. The molecule has 3 aliphatic carbocycles. The lowest BCUT2D eigenvalue weighted by Crippen LogP contribution is -2.56. The zero-order valence-corrected chi connectivity index (χ0v) is 10.5. The maximum Gasteiger partial charge on any atom is 0.0873 e. The Morgan fingerprint density at radius 2 is 1.29 bits per heavy atom. The van der Waals surface area contributed by atoms with Gasteiger partial charge in [0.1, 0.15) is 0 Å². The van der Waals surface area contributed by atoms with Gasteiger partial charge in [-0.15, -0.1) is 0 Å². The van der Waals surface area contributed by atoms with Gasteiger partial charge in [-0.2, -0.15) is 20.5 Å². The molecule has 0 N–H and O–H groups in total. The zero-order chi connectivity index (χ0) is 11.5. The molecule has 6 atom stereocenters. The third-order valence-electron chi connectivity index (χ3n) is 6.93. The molecule has 0 saturated heterocycles. The minimum atomic E-state index is 0.102. The highest BCUT2D eigenvalue weighted by molar-refractivity contribution is 5.43. The van der Waals surface area contributed by atoms with E-state index >= 15 is 0 Å². The average molecular weight is 230 g/mol. The van der Waals surface area contributed by atoms with Gasteiger partial charge < -0.3 is 0 Å². The van der Waals surface area contributed by atoms with Crippen molar-refractivity contribution >= 4 is 0 Å². The van der Waals surface area contributed by atoms with Crippen LogP contribution in [0, 0.1) is 10.8 Å². The zero-order valence-electron chi connectivity index (χ0n) is 10.5. The number of hydrogen-bond acceptors (Lipinski definition) is 4. The van der Waals surface area contributed by atoms with Crippen molar-refractivity contribution in [3.63, 3.8) is 0 Å². The summed E-state index contributed by atoms with van der Waals surface area (Å²) in [6.07, 6.45) is 5.94. The number of hydrogen-bond donors (Lipinski definition) is 0. The fraction of sp³-hybridized carbons (Fsp3) is 1.00. The smallest absolute Gasteiger partial charge is 0.0873 e. The molecule has 0 unspecified atom stereocenters. The van der Waals surface area contributed by atoms with Gasteiger partial charge in [-0.25, -0.2) is 0 Å². The van der Waals surface area contributed by atoms with Crippen LogP contribution >= 0.6 is 0 Å². The summed E-state index contributed by atoms with van der Waals surface area (Å²) in [4.78, 5) is 0. The van der Waals surface area contributed by atoms with Crippen LogP contribution in [0.5, 0.6) is 0 Å². The summed E-state index contributed by atoms with van der Waals surface area (Å²) >= 11 is 0. The average Bonchev–Trinajstić information content (AvgIpc) is 2.87. The Hall–Kier alpha value is -0.800. The Labute approximate surface area is 101 Å². The predicted molar refractivity (Wildman–Crippen MR) is 62.0 cm³/mol. The van der Waals surface area contributed by atoms with E-state index in [1.165, 1.54) is 19.3 Å². The van der Waals surface area contributed by atoms with Gasteiger partial charge in [0.2, 0.25) is 0 Å². The van der Waals surface area contributed by atoms with Crippen LogP contribution in [-0.4, -0.2) is 23.2 Å². The molecule has 2 heterocycles. The highest BCUT2D eigenvalue weighted by atomic mass is 15.4. The molecule has 0 aromatic carbocycles. The first kappa shape index (κ1) is 9.17. The highest BCUT2D eigenvalue weighted by Crippen LogP contribution is 2.87. The molecule has 4 nitrogen and oxygen atoms in total. The third kappa shape index (κ3) is 0.604. The van der Waals surface area contributed by atoms with Gasteiger partial charge in [0.15, 0.2) is 0 Å². The van der Waals surface area contributed by atoms with Gasteiger partial charge in [0.05, 0.1) is 23.2 Å². The first-order valence-electron chi connectivity index (χ1n) is 6.92. The van der Waals surface area contributed by atoms with Crippen molar-refractivity contribution in [2.45, 2.75) is 69.1 Å². The third-order valence-corrected chi connectivity index (χ3v) is 6.93. The molecule has 0 amide bonds. The van der Waals surface area contributed by atoms with Crippen LogP contribution in [0.25, 0.3) is 0 Å². The van der Waals surface area contributed by atoms with Gasteiger partial charge in [-0.1, -0.05) is 0 Å². The minimum Gasteiger partial charge on any atom is -0.190 e. The summed E-state index contributed by atoms with van der Waals surface area (Å²) in [6, 6.07) is 0.957. The van der Waals surface area contributed by atoms with Crippen LogP contribution in [0.1, 0.15) is 46.0 Å². The van der Waals surface area contributed by atoms with E-state index in [0.717, 1.165) is 12.8 Å². The van der Waals surface area contributed by atoms with Crippen LogP contribution in [0.15, 0.2) is 20.5 Å². The molecular formula is C13H18N4. The molecule has 0 radical (unpaired) electrons. The summed E-state index contributed by atoms with van der Waals surface area (Å²) in [5.74, 6) is 0. The van der Waals surface area contributed by atoms with Crippen LogP contribution in [0.3, 0.4) is 0 Å². The van der Waals surface area contributed by atoms with Crippen LogP contribution in [0.2, 0.25) is 0 Å². The molecule has 4 heteroatoms. The van der Waals surface area contributed by atoms with Crippen molar-refractivity contribution in [3.05, 3.63) is 0 Å². The van der Waals surface area contributed by atoms with E-state index in [-0.39, 0.29) is 11.1 Å². The Morgan fingerprint density at radius 3 is 1.76 bits per heavy atom. The summed E-state index contributed by atoms with van der Waals surface area (Å²) in [7, 11) is 0. The molecule has 2 aliphatic heterocycles. The van der Waals surface area contributed by atoms with E-state index in [1.807, 2.05) is 0 Å². The van der Waals surface area contributed by atoms with Gasteiger partial charge >= 0.3 is 0 Å². The van der Waals surface area contributed by atoms with Crippen LogP contribution in [-0.2, 0) is 0 Å². The molecule has 0 aromatic rings. The van der Waals surface area contributed by atoms with Crippen molar-refractivity contribution in [1.29, 1.82) is 0 Å². The molecule has 5 aliphatic rings. The van der Waals surface area contributed by atoms with E-state index in [0.29, 0.717) is 22.9 Å². The monoisotopic (exact) mass is 230 g/mol. The Bertz CT molecular complexity index is 456. The molecule has 17 heavy (non-hydrogen) atoms. The van der Waals surface area contributed by atoms with Gasteiger partial charge in [0, 0.05) is 10.8 Å². The molecule has 90 valence electrons. The van der Waals surface area contributed by atoms with Crippen LogP contribution in [0.4, 0.5) is 0 Å². The largest absolute Gasteiger partial charge is 0.190 e. The molecule has 0 bridgehead atoms. The number of azo groups is 2. The van der Waals surface area contributed by atoms with E-state index in [1.54, 1.807) is 0 Å². The SMILES string of the molecule is C[C@@]12CC[C@H]3N=N[C@@]4(C)CC[C@@H](N=N1)[C@@]21C[C@@]314. The van der Waals surface area contributed by atoms with Crippen molar-refractivity contribution in [3.8, 4) is 0 Å². The topological polar surface area (TPSA) is 49.4 Å². The molecule has 0 aromatic heterocycles. The second-order valence-corrected chi connectivity index (χ2v) is 7.21. The lowest BCUT2D eigenvalue weighted by molar-refractivity contribution is 0.0488. The molecule has 5 rings (SSSR count). The Morgan fingerprint density at radius 1 is 0.824 bits per heavy atom. The van der Waals surface area contributed by atoms with Gasteiger partial charge in [0.25, 0.3) is 0 Å². The fourth-order valence-corrected chi connectivity index (χ4v) is 6.05. The second kappa shape index (κ2) is 2.10.